The molecule has 1 amide bonds. The van der Waals surface area contributed by atoms with Crippen LogP contribution in [-0.4, -0.2) is 29.0 Å². The van der Waals surface area contributed by atoms with E-state index in [1.54, 1.807) is 17.5 Å². The van der Waals surface area contributed by atoms with Gasteiger partial charge in [0.15, 0.2) is 10.9 Å². The van der Waals surface area contributed by atoms with E-state index in [1.165, 1.54) is 6.26 Å². The minimum atomic E-state index is -0.587. The van der Waals surface area contributed by atoms with E-state index >= 15 is 0 Å². The number of nitriles is 1. The molecule has 172 valence electrons. The fraction of sp³-hybridized carbons (Fsp3) is 0.217. The third-order valence-electron chi connectivity index (χ3n) is 5.54. The molecule has 1 aliphatic heterocycles. The molecule has 8 nitrogen and oxygen atoms in total. The summed E-state index contributed by atoms with van der Waals surface area (Å²) >= 11 is 1.14. The zero-order valence-electron chi connectivity index (χ0n) is 17.6. The first-order valence-corrected chi connectivity index (χ1v) is 11.3. The van der Waals surface area contributed by atoms with Gasteiger partial charge in [-0.1, -0.05) is 0 Å². The van der Waals surface area contributed by atoms with Crippen LogP contribution >= 0.6 is 11.3 Å². The predicted molar refractivity (Wildman–Crippen MR) is 120 cm³/mol. The average molecular weight is 481 g/mol. The topological polar surface area (TPSA) is 108 Å². The first-order chi connectivity index (χ1) is 16.5. The van der Waals surface area contributed by atoms with Gasteiger partial charge in [-0.3, -0.25) is 4.79 Å². The van der Waals surface area contributed by atoms with E-state index in [9.17, 15) is 18.8 Å². The van der Waals surface area contributed by atoms with Crippen molar-refractivity contribution in [2.45, 2.75) is 12.8 Å². The van der Waals surface area contributed by atoms with Gasteiger partial charge in [0.25, 0.3) is 5.89 Å². The third-order valence-corrected chi connectivity index (χ3v) is 6.30. The number of halogens is 2. The summed E-state index contributed by atoms with van der Waals surface area (Å²) in [4.78, 5) is 23.1. The van der Waals surface area contributed by atoms with Crippen LogP contribution in [0, 0.1) is 28.9 Å². The zero-order valence-corrected chi connectivity index (χ0v) is 18.4. The molecular weight excluding hydrogens is 464 g/mol. The molecule has 1 N–H and O–H groups in total. The Kier molecular flexibility index (Phi) is 5.81. The minimum Gasteiger partial charge on any atom is -0.459 e. The summed E-state index contributed by atoms with van der Waals surface area (Å²) in [6.45, 7) is 0.994. The number of carbonyl (C=O) groups excluding carboxylic acids is 1. The number of piperidine rings is 1. The summed E-state index contributed by atoms with van der Waals surface area (Å²) in [6, 6.07) is 8.59. The highest BCUT2D eigenvalue weighted by molar-refractivity contribution is 7.14. The molecule has 1 fully saturated rings. The van der Waals surface area contributed by atoms with Gasteiger partial charge in [-0.25, -0.2) is 13.8 Å². The molecule has 5 rings (SSSR count). The number of thiazole rings is 1. The van der Waals surface area contributed by atoms with Crippen molar-refractivity contribution >= 4 is 28.3 Å². The van der Waals surface area contributed by atoms with Gasteiger partial charge in [0.05, 0.1) is 12.0 Å². The molecule has 1 saturated heterocycles. The Hall–Kier alpha value is -4.04. The Labute approximate surface area is 196 Å². The fourth-order valence-corrected chi connectivity index (χ4v) is 4.52. The highest BCUT2D eigenvalue weighted by Gasteiger charge is 2.29. The van der Waals surface area contributed by atoms with Gasteiger partial charge < -0.3 is 19.1 Å². The molecule has 4 aromatic rings. The van der Waals surface area contributed by atoms with E-state index < -0.39 is 11.6 Å². The smallest absolute Gasteiger partial charge is 0.266 e. The van der Waals surface area contributed by atoms with Crippen LogP contribution in [0.5, 0.6) is 0 Å². The van der Waals surface area contributed by atoms with Crippen molar-refractivity contribution in [2.24, 2.45) is 5.92 Å². The first-order valence-electron chi connectivity index (χ1n) is 10.4. The lowest BCUT2D eigenvalue weighted by Crippen LogP contribution is -2.38. The van der Waals surface area contributed by atoms with Gasteiger partial charge in [0, 0.05) is 30.0 Å². The zero-order chi connectivity index (χ0) is 23.7. The van der Waals surface area contributed by atoms with E-state index in [0.29, 0.717) is 42.7 Å². The maximum absolute atomic E-state index is 14.0. The molecule has 11 heteroatoms. The van der Waals surface area contributed by atoms with Crippen LogP contribution in [0.15, 0.2) is 50.8 Å². The number of aromatic nitrogens is 2. The quantitative estimate of drug-likeness (QED) is 0.424. The summed E-state index contributed by atoms with van der Waals surface area (Å²) in [5, 5.41) is 14.1. The maximum atomic E-state index is 14.0. The molecule has 1 aliphatic rings. The Morgan fingerprint density at radius 2 is 2.06 bits per heavy atom. The van der Waals surface area contributed by atoms with Crippen LogP contribution in [0.25, 0.3) is 22.9 Å². The number of carbonyl (C=O) groups is 1. The van der Waals surface area contributed by atoms with Gasteiger partial charge in [0.2, 0.25) is 17.5 Å². The second-order valence-electron chi connectivity index (χ2n) is 7.67. The number of nitrogens with zero attached hydrogens (tertiary/aromatic N) is 4. The van der Waals surface area contributed by atoms with Crippen molar-refractivity contribution in [3.8, 4) is 29.0 Å². The SMILES string of the molecule is N#Cc1nc(-c2ccco2)oc1N1CCC(C(=O)Nc2nc(-c3cc(F)ccc3F)cs2)CC1. The summed E-state index contributed by atoms with van der Waals surface area (Å²) < 4.78 is 38.5. The van der Waals surface area contributed by atoms with Gasteiger partial charge in [-0.2, -0.15) is 10.2 Å². The van der Waals surface area contributed by atoms with Gasteiger partial charge in [-0.15, -0.1) is 11.3 Å². The van der Waals surface area contributed by atoms with Crippen molar-refractivity contribution in [3.05, 3.63) is 59.3 Å². The van der Waals surface area contributed by atoms with Crippen LogP contribution in [0.1, 0.15) is 18.5 Å². The van der Waals surface area contributed by atoms with Gasteiger partial charge >= 0.3 is 0 Å². The lowest BCUT2D eigenvalue weighted by atomic mass is 9.96. The summed E-state index contributed by atoms with van der Waals surface area (Å²) in [6.07, 6.45) is 2.56. The molecule has 3 aromatic heterocycles. The van der Waals surface area contributed by atoms with E-state index in [1.807, 2.05) is 11.0 Å². The van der Waals surface area contributed by atoms with Crippen molar-refractivity contribution in [1.29, 1.82) is 5.26 Å². The monoisotopic (exact) mass is 481 g/mol. The standard InChI is InChI=1S/C23H17F2N5O3S/c24-14-3-4-16(25)15(10-14)18-12-34-23(28-18)29-20(31)13-5-7-30(8-6-13)22-17(11-26)27-21(33-22)19-2-1-9-32-19/h1-4,9-10,12-13H,5-8H2,(H,28,29,31). The van der Waals surface area contributed by atoms with Crippen LogP contribution in [-0.2, 0) is 4.79 Å². The number of nitrogens with one attached hydrogen (secondary N) is 1. The Bertz CT molecular complexity index is 1370. The third kappa shape index (κ3) is 4.27. The lowest BCUT2D eigenvalue weighted by molar-refractivity contribution is -0.120. The Morgan fingerprint density at radius 1 is 1.24 bits per heavy atom. The molecular formula is C23H17F2N5O3S. The number of anilines is 2. The van der Waals surface area contributed by atoms with Crippen molar-refractivity contribution in [3.63, 3.8) is 0 Å². The number of hydrogen-bond acceptors (Lipinski definition) is 8. The normalized spacial score (nSPS) is 14.2. The molecule has 0 saturated carbocycles. The second kappa shape index (κ2) is 9.07. The molecule has 0 bridgehead atoms. The van der Waals surface area contributed by atoms with Crippen molar-refractivity contribution < 1.29 is 22.4 Å². The number of rotatable bonds is 5. The van der Waals surface area contributed by atoms with Crippen LogP contribution in [0.2, 0.25) is 0 Å². The number of furan rings is 1. The van der Waals surface area contributed by atoms with Crippen molar-refractivity contribution in [1.82, 2.24) is 9.97 Å². The van der Waals surface area contributed by atoms with E-state index in [4.69, 9.17) is 8.83 Å². The highest BCUT2D eigenvalue weighted by atomic mass is 32.1. The van der Waals surface area contributed by atoms with Crippen LogP contribution in [0.4, 0.5) is 19.8 Å². The minimum absolute atomic E-state index is 0.0410. The summed E-state index contributed by atoms with van der Waals surface area (Å²) in [5.74, 6) is -0.610. The number of oxazole rings is 1. The average Bonchev–Trinajstić information content (AvgIpc) is 3.61. The van der Waals surface area contributed by atoms with Crippen molar-refractivity contribution in [2.75, 3.05) is 23.3 Å². The molecule has 0 atom stereocenters. The Morgan fingerprint density at radius 3 is 2.79 bits per heavy atom. The molecule has 34 heavy (non-hydrogen) atoms. The van der Waals surface area contributed by atoms with Gasteiger partial charge in [-0.05, 0) is 43.2 Å². The van der Waals surface area contributed by atoms with E-state index in [0.717, 1.165) is 29.5 Å². The summed E-state index contributed by atoms with van der Waals surface area (Å²) in [5.41, 5.74) is 0.461. The molecule has 4 heterocycles. The number of benzene rings is 1. The highest BCUT2D eigenvalue weighted by Crippen LogP contribution is 2.32. The second-order valence-corrected chi connectivity index (χ2v) is 8.53. The van der Waals surface area contributed by atoms with E-state index in [-0.39, 0.29) is 34.7 Å². The maximum Gasteiger partial charge on any atom is 0.266 e. The molecule has 0 aliphatic carbocycles. The predicted octanol–water partition coefficient (Wildman–Crippen LogP) is 5.06. The molecule has 0 spiro atoms. The van der Waals surface area contributed by atoms with Crippen LogP contribution in [0.3, 0.4) is 0 Å². The summed E-state index contributed by atoms with van der Waals surface area (Å²) in [7, 11) is 0. The Balaban J connectivity index is 1.22. The molecule has 0 radical (unpaired) electrons. The fourth-order valence-electron chi connectivity index (χ4n) is 3.81. The number of hydrogen-bond donors (Lipinski definition) is 1. The number of amides is 1. The largest absolute Gasteiger partial charge is 0.459 e. The van der Waals surface area contributed by atoms with E-state index in [2.05, 4.69) is 15.3 Å². The molecule has 0 unspecified atom stereocenters. The van der Waals surface area contributed by atoms with Crippen LogP contribution < -0.4 is 10.2 Å². The lowest BCUT2D eigenvalue weighted by Gasteiger charge is -2.30. The first kappa shape index (κ1) is 21.8. The van der Waals surface area contributed by atoms with Gasteiger partial charge in [0.1, 0.15) is 17.7 Å². The molecule has 1 aromatic carbocycles.